The summed E-state index contributed by atoms with van der Waals surface area (Å²) in [7, 11) is 4.06. The van der Waals surface area contributed by atoms with Gasteiger partial charge < -0.3 is 29.8 Å². The van der Waals surface area contributed by atoms with Gasteiger partial charge in [0, 0.05) is 61.7 Å². The van der Waals surface area contributed by atoms with Gasteiger partial charge in [-0.1, -0.05) is 41.9 Å². The average molecular weight is 641 g/mol. The number of benzene rings is 3. The Labute approximate surface area is 261 Å². The molecule has 0 spiro atoms. The van der Waals surface area contributed by atoms with Crippen molar-refractivity contribution in [2.24, 2.45) is 14.1 Å². The zero-order chi connectivity index (χ0) is 32.4. The Balaban J connectivity index is 1.45. The number of halogens is 3. The molecule has 4 aromatic rings. The molecule has 2 atom stereocenters. The van der Waals surface area contributed by atoms with E-state index in [0.29, 0.717) is 13.0 Å². The van der Waals surface area contributed by atoms with Crippen molar-refractivity contribution in [3.05, 3.63) is 103 Å². The molecule has 13 heteroatoms. The number of carbonyl (C=O) groups is 1. The van der Waals surface area contributed by atoms with Gasteiger partial charge in [0.25, 0.3) is 11.5 Å². The first kappa shape index (κ1) is 32.0. The van der Waals surface area contributed by atoms with E-state index >= 15 is 8.78 Å². The van der Waals surface area contributed by atoms with Gasteiger partial charge in [-0.15, -0.1) is 0 Å². The van der Waals surface area contributed by atoms with Crippen molar-refractivity contribution in [1.82, 2.24) is 14.5 Å². The lowest BCUT2D eigenvalue weighted by atomic mass is 9.96. The van der Waals surface area contributed by atoms with Crippen LogP contribution in [0.25, 0.3) is 22.3 Å². The van der Waals surface area contributed by atoms with Crippen molar-refractivity contribution in [1.29, 1.82) is 0 Å². The normalized spacial score (nSPS) is 16.4. The lowest BCUT2D eigenvalue weighted by Gasteiger charge is -2.29. The molecular formula is C32H31ClF2N4O6. The summed E-state index contributed by atoms with van der Waals surface area (Å²) in [5, 5.41) is 15.9. The fraction of sp³-hybridized carbons (Fsp3) is 0.281. The maximum Gasteiger partial charge on any atom is 0.330 e. The fourth-order valence-electron chi connectivity index (χ4n) is 5.27. The number of carbonyl (C=O) groups excluding carboxylic acids is 1. The van der Waals surface area contributed by atoms with Gasteiger partial charge in [-0.2, -0.15) is 0 Å². The Morgan fingerprint density at radius 2 is 1.82 bits per heavy atom. The highest BCUT2D eigenvalue weighted by Gasteiger charge is 2.25. The molecule has 1 fully saturated rings. The molecule has 10 nitrogen and oxygen atoms in total. The van der Waals surface area contributed by atoms with E-state index in [9.17, 15) is 19.5 Å². The molecule has 0 bridgehead atoms. The summed E-state index contributed by atoms with van der Waals surface area (Å²) >= 11 is 6.64. The van der Waals surface area contributed by atoms with E-state index in [1.165, 1.54) is 51.5 Å². The molecule has 0 unspecified atom stereocenters. The van der Waals surface area contributed by atoms with Crippen LogP contribution in [-0.4, -0.2) is 52.6 Å². The molecule has 45 heavy (non-hydrogen) atoms. The second-order valence-corrected chi connectivity index (χ2v) is 11.0. The minimum absolute atomic E-state index is 0.00373. The van der Waals surface area contributed by atoms with E-state index in [1.54, 1.807) is 18.2 Å². The number of nitrogens with zero attached hydrogens (tertiary/aromatic N) is 2. The predicted octanol–water partition coefficient (Wildman–Crippen LogP) is 3.85. The number of aromatic nitrogens is 2. The predicted molar refractivity (Wildman–Crippen MR) is 166 cm³/mol. The van der Waals surface area contributed by atoms with E-state index in [0.717, 1.165) is 15.3 Å². The number of nitrogens with one attached hydrogen (secondary N) is 2. The van der Waals surface area contributed by atoms with Gasteiger partial charge in [0.15, 0.2) is 0 Å². The molecule has 1 aliphatic rings. The third kappa shape index (κ3) is 6.40. The Morgan fingerprint density at radius 1 is 1.11 bits per heavy atom. The molecule has 3 aromatic carbocycles. The van der Waals surface area contributed by atoms with E-state index in [4.69, 9.17) is 21.1 Å². The average Bonchev–Trinajstić information content (AvgIpc) is 3.02. The minimum atomic E-state index is -0.803. The molecule has 0 saturated carbocycles. The Kier molecular flexibility index (Phi) is 9.49. The molecule has 1 aromatic heterocycles. The van der Waals surface area contributed by atoms with Crippen molar-refractivity contribution < 1.29 is 28.2 Å². The van der Waals surface area contributed by atoms with Crippen molar-refractivity contribution in [3.8, 4) is 28.0 Å². The monoisotopic (exact) mass is 640 g/mol. The number of methoxy groups -OCH3 is 1. The summed E-state index contributed by atoms with van der Waals surface area (Å²) < 4.78 is 44.2. The van der Waals surface area contributed by atoms with Gasteiger partial charge in [-0.05, 0) is 30.2 Å². The molecule has 1 aliphatic heterocycles. The third-order valence-electron chi connectivity index (χ3n) is 7.78. The van der Waals surface area contributed by atoms with Crippen LogP contribution in [0.4, 0.5) is 14.5 Å². The molecule has 1 amide bonds. The first-order valence-electron chi connectivity index (χ1n) is 14.0. The first-order chi connectivity index (χ1) is 21.5. The highest BCUT2D eigenvalue weighted by Crippen LogP contribution is 2.39. The van der Waals surface area contributed by atoms with Crippen LogP contribution >= 0.6 is 11.6 Å². The van der Waals surface area contributed by atoms with Gasteiger partial charge in [-0.25, -0.2) is 13.6 Å². The summed E-state index contributed by atoms with van der Waals surface area (Å²) in [4.78, 5) is 37.5. The molecule has 2 heterocycles. The second-order valence-electron chi connectivity index (χ2n) is 10.6. The van der Waals surface area contributed by atoms with Crippen LogP contribution in [-0.2, 0) is 25.4 Å². The van der Waals surface area contributed by atoms with Crippen LogP contribution in [0.1, 0.15) is 22.3 Å². The zero-order valence-electron chi connectivity index (χ0n) is 24.7. The van der Waals surface area contributed by atoms with Crippen LogP contribution in [0.3, 0.4) is 0 Å². The lowest BCUT2D eigenvalue weighted by Crippen LogP contribution is -2.46. The van der Waals surface area contributed by atoms with E-state index < -0.39 is 34.9 Å². The van der Waals surface area contributed by atoms with Crippen LogP contribution in [0, 0.1) is 11.6 Å². The highest BCUT2D eigenvalue weighted by molar-refractivity contribution is 6.36. The third-order valence-corrected chi connectivity index (χ3v) is 8.19. The summed E-state index contributed by atoms with van der Waals surface area (Å²) in [5.41, 5.74) is -0.676. The number of rotatable bonds is 8. The summed E-state index contributed by atoms with van der Waals surface area (Å²) in [6.07, 6.45) is 0.980. The number of aliphatic hydroxyl groups is 1. The molecular weight excluding hydrogens is 610 g/mol. The maximum atomic E-state index is 16.1. The van der Waals surface area contributed by atoms with Crippen molar-refractivity contribution in [2.45, 2.75) is 25.1 Å². The number of anilines is 1. The number of ether oxygens (including phenoxy) is 2. The van der Waals surface area contributed by atoms with Crippen molar-refractivity contribution in [2.75, 3.05) is 25.6 Å². The smallest absolute Gasteiger partial charge is 0.330 e. The Bertz CT molecular complexity index is 1890. The maximum absolute atomic E-state index is 16.1. The summed E-state index contributed by atoms with van der Waals surface area (Å²) in [6, 6.07) is 11.7. The SMILES string of the molecule is COc1cc(-c2cccc(-c3cccc(NC(=O)c4cn(C)c(=O)n(C)c4=O)c3Cl)c2F)cc(F)c1CN[C@@H]1CCOC[C@@H]1O. The van der Waals surface area contributed by atoms with Crippen LogP contribution in [0.15, 0.2) is 64.3 Å². The minimum Gasteiger partial charge on any atom is -0.496 e. The lowest BCUT2D eigenvalue weighted by molar-refractivity contribution is -0.0281. The van der Waals surface area contributed by atoms with Crippen molar-refractivity contribution in [3.63, 3.8) is 0 Å². The number of aryl methyl sites for hydroxylation is 1. The summed E-state index contributed by atoms with van der Waals surface area (Å²) in [5.74, 6) is -1.90. The van der Waals surface area contributed by atoms with Gasteiger partial charge in [-0.3, -0.25) is 14.2 Å². The van der Waals surface area contributed by atoms with E-state index in [2.05, 4.69) is 10.6 Å². The number of aliphatic hydroxyl groups excluding tert-OH is 1. The number of amides is 1. The molecule has 0 aliphatic carbocycles. The fourth-order valence-corrected chi connectivity index (χ4v) is 5.54. The van der Waals surface area contributed by atoms with Gasteiger partial charge >= 0.3 is 5.69 Å². The van der Waals surface area contributed by atoms with Gasteiger partial charge in [0.2, 0.25) is 0 Å². The second kappa shape index (κ2) is 13.3. The number of hydrogen-bond donors (Lipinski definition) is 3. The van der Waals surface area contributed by atoms with E-state index in [1.807, 2.05) is 0 Å². The molecule has 3 N–H and O–H groups in total. The standard InChI is InChI=1S/C32H31ClF2N4O6/c1-38-15-22(31(42)39(2)32(38)43)30(41)37-25-9-5-7-19(28(25)33)20-8-4-6-18(29(20)35)17-12-23(34)21(27(13-17)44-3)14-36-24-10-11-45-16-26(24)40/h4-9,12-13,15,24,26,36,40H,10-11,14,16H2,1-3H3,(H,37,41)/t24-,26+/m1/s1. The van der Waals surface area contributed by atoms with Crippen molar-refractivity contribution >= 4 is 23.2 Å². The highest BCUT2D eigenvalue weighted by atomic mass is 35.5. The topological polar surface area (TPSA) is 124 Å². The Morgan fingerprint density at radius 3 is 2.56 bits per heavy atom. The number of hydrogen-bond acceptors (Lipinski definition) is 7. The molecule has 1 saturated heterocycles. The Hall–Kier alpha value is -4.36. The van der Waals surface area contributed by atoms with E-state index in [-0.39, 0.29) is 69.0 Å². The summed E-state index contributed by atoms with van der Waals surface area (Å²) in [6.45, 7) is 0.761. The molecule has 0 radical (unpaired) electrons. The van der Waals surface area contributed by atoms with Gasteiger partial charge in [0.1, 0.15) is 22.9 Å². The van der Waals surface area contributed by atoms with Crippen LogP contribution in [0.2, 0.25) is 5.02 Å². The largest absolute Gasteiger partial charge is 0.496 e. The molecule has 5 rings (SSSR count). The van der Waals surface area contributed by atoms with Crippen LogP contribution < -0.4 is 26.6 Å². The zero-order valence-corrected chi connectivity index (χ0v) is 25.5. The first-order valence-corrected chi connectivity index (χ1v) is 14.4. The van der Waals surface area contributed by atoms with Gasteiger partial charge in [0.05, 0.1) is 30.5 Å². The quantitative estimate of drug-likeness (QED) is 0.267. The van der Waals surface area contributed by atoms with Crippen LogP contribution in [0.5, 0.6) is 5.75 Å². The molecule has 236 valence electrons.